The summed E-state index contributed by atoms with van der Waals surface area (Å²) in [7, 11) is 1.53. The minimum atomic E-state index is -0.810. The van der Waals surface area contributed by atoms with Crippen LogP contribution in [0, 0.1) is 11.8 Å². The molecule has 0 bridgehead atoms. The highest BCUT2D eigenvalue weighted by atomic mass is 16.2. The average molecular weight is 414 g/mol. The van der Waals surface area contributed by atoms with Gasteiger partial charge in [0, 0.05) is 25.9 Å². The third-order valence-electron chi connectivity index (χ3n) is 4.55. The van der Waals surface area contributed by atoms with Gasteiger partial charge in [0.15, 0.2) is 5.78 Å². The Hall–Kier alpha value is -2.65. The summed E-state index contributed by atoms with van der Waals surface area (Å²) in [4.78, 5) is 59.0. The molecule has 0 saturated heterocycles. The Morgan fingerprint density at radius 2 is 1.55 bits per heavy atom. The molecule has 3 unspecified atom stereocenters. The van der Waals surface area contributed by atoms with Gasteiger partial charge in [0.05, 0.1) is 6.04 Å². The molecule has 0 aromatic heterocycles. The topological polar surface area (TPSA) is 159 Å². The van der Waals surface area contributed by atoms with Gasteiger partial charge >= 0.3 is 6.03 Å². The summed E-state index contributed by atoms with van der Waals surface area (Å²) in [5, 5.41) is 10.3. The number of hydrogen-bond donors (Lipinski definition) is 5. The fourth-order valence-corrected chi connectivity index (χ4v) is 2.59. The molecule has 166 valence electrons. The third kappa shape index (κ3) is 11.1. The zero-order valence-corrected chi connectivity index (χ0v) is 18.0. The average Bonchev–Trinajstić information content (AvgIpc) is 2.64. The molecular formula is C19H35N5O5. The number of rotatable bonds is 13. The monoisotopic (exact) mass is 413 g/mol. The number of carbonyl (C=O) groups is 5. The van der Waals surface area contributed by atoms with Crippen LogP contribution in [0.4, 0.5) is 4.79 Å². The van der Waals surface area contributed by atoms with Crippen LogP contribution < -0.4 is 27.0 Å². The molecule has 0 aliphatic carbocycles. The van der Waals surface area contributed by atoms with Crippen molar-refractivity contribution in [2.24, 2.45) is 17.6 Å². The molecule has 29 heavy (non-hydrogen) atoms. The second-order valence-corrected chi connectivity index (χ2v) is 7.45. The maximum Gasteiger partial charge on any atom is 0.312 e. The largest absolute Gasteiger partial charge is 0.359 e. The van der Waals surface area contributed by atoms with Gasteiger partial charge in [0.2, 0.25) is 17.7 Å². The number of ketones is 1. The molecule has 0 fully saturated rings. The van der Waals surface area contributed by atoms with E-state index in [4.69, 9.17) is 5.73 Å². The summed E-state index contributed by atoms with van der Waals surface area (Å²) in [6.07, 6.45) is 1.38. The smallest absolute Gasteiger partial charge is 0.312 e. The molecule has 0 radical (unpaired) electrons. The quantitative estimate of drug-likeness (QED) is 0.264. The molecule has 6 N–H and O–H groups in total. The van der Waals surface area contributed by atoms with Crippen LogP contribution in [0.15, 0.2) is 0 Å². The van der Waals surface area contributed by atoms with Crippen LogP contribution in [-0.4, -0.2) is 55.2 Å². The second kappa shape index (κ2) is 13.5. The van der Waals surface area contributed by atoms with E-state index in [0.717, 1.165) is 0 Å². The molecule has 10 nitrogen and oxygen atoms in total. The number of nitrogens with two attached hydrogens (primary N) is 1. The minimum absolute atomic E-state index is 0.155. The van der Waals surface area contributed by atoms with Crippen LogP contribution in [-0.2, 0) is 19.2 Å². The van der Waals surface area contributed by atoms with Gasteiger partial charge in [-0.1, -0.05) is 20.8 Å². The number of nitrogens with one attached hydrogen (secondary N) is 4. The van der Waals surface area contributed by atoms with Crippen LogP contribution in [0.5, 0.6) is 0 Å². The molecule has 0 saturated carbocycles. The third-order valence-corrected chi connectivity index (χ3v) is 4.55. The van der Waals surface area contributed by atoms with Crippen molar-refractivity contribution in [1.29, 1.82) is 0 Å². The molecule has 0 aliphatic rings. The SMILES string of the molecule is CNC(=O)CCC(C)C(=O)NC(C(=O)NC(CCCNC(N)=O)C(C)=O)C(C)C. The van der Waals surface area contributed by atoms with E-state index in [1.54, 1.807) is 20.8 Å². The zero-order valence-electron chi connectivity index (χ0n) is 18.0. The number of hydrogen-bond acceptors (Lipinski definition) is 5. The second-order valence-electron chi connectivity index (χ2n) is 7.45. The maximum atomic E-state index is 12.7. The lowest BCUT2D eigenvalue weighted by Crippen LogP contribution is -2.54. The molecule has 0 aromatic carbocycles. The van der Waals surface area contributed by atoms with E-state index in [1.807, 2.05) is 0 Å². The van der Waals surface area contributed by atoms with Gasteiger partial charge in [0.1, 0.15) is 6.04 Å². The van der Waals surface area contributed by atoms with E-state index in [1.165, 1.54) is 14.0 Å². The van der Waals surface area contributed by atoms with Crippen molar-refractivity contribution in [2.75, 3.05) is 13.6 Å². The van der Waals surface area contributed by atoms with Gasteiger partial charge in [0.25, 0.3) is 0 Å². The van der Waals surface area contributed by atoms with Crippen molar-refractivity contribution in [3.63, 3.8) is 0 Å². The van der Waals surface area contributed by atoms with Crippen molar-refractivity contribution in [1.82, 2.24) is 21.3 Å². The molecule has 5 amide bonds. The summed E-state index contributed by atoms with van der Waals surface area (Å²) in [5.74, 6) is -1.79. The summed E-state index contributed by atoms with van der Waals surface area (Å²) in [6, 6.07) is -2.18. The summed E-state index contributed by atoms with van der Waals surface area (Å²) < 4.78 is 0. The van der Waals surface area contributed by atoms with Gasteiger partial charge in [-0.15, -0.1) is 0 Å². The highest BCUT2D eigenvalue weighted by molar-refractivity contribution is 5.92. The van der Waals surface area contributed by atoms with E-state index in [-0.39, 0.29) is 29.9 Å². The molecule has 3 atom stereocenters. The van der Waals surface area contributed by atoms with Crippen LogP contribution in [0.3, 0.4) is 0 Å². The predicted octanol–water partition coefficient (Wildman–Crippen LogP) is -0.188. The summed E-state index contributed by atoms with van der Waals surface area (Å²) >= 11 is 0. The number of primary amides is 1. The Labute approximate surface area is 172 Å². The molecule has 0 aliphatic heterocycles. The van der Waals surface area contributed by atoms with E-state index in [0.29, 0.717) is 25.8 Å². The lowest BCUT2D eigenvalue weighted by atomic mass is 9.99. The first-order valence-corrected chi connectivity index (χ1v) is 9.84. The molecule has 0 rings (SSSR count). The van der Waals surface area contributed by atoms with Crippen molar-refractivity contribution < 1.29 is 24.0 Å². The van der Waals surface area contributed by atoms with Crippen LogP contribution in [0.25, 0.3) is 0 Å². The first-order chi connectivity index (χ1) is 13.5. The van der Waals surface area contributed by atoms with Gasteiger partial charge in [-0.05, 0) is 32.1 Å². The van der Waals surface area contributed by atoms with Gasteiger partial charge in [-0.25, -0.2) is 4.79 Å². The molecule has 0 spiro atoms. The Morgan fingerprint density at radius 1 is 0.931 bits per heavy atom. The van der Waals surface area contributed by atoms with Crippen LogP contribution >= 0.6 is 0 Å². The standard InChI is InChI=1S/C19H35N5O5/c1-11(2)16(24-17(27)12(3)8-9-15(26)21-5)18(28)23-14(13(4)25)7-6-10-22-19(20)29/h11-12,14,16H,6-10H2,1-5H3,(H,21,26)(H,23,28)(H,24,27)(H3,20,22,29). The predicted molar refractivity (Wildman–Crippen MR) is 109 cm³/mol. The van der Waals surface area contributed by atoms with E-state index in [2.05, 4.69) is 21.3 Å². The number of carbonyl (C=O) groups excluding carboxylic acids is 5. The minimum Gasteiger partial charge on any atom is -0.359 e. The molecule has 0 aromatic rings. The maximum absolute atomic E-state index is 12.7. The fraction of sp³-hybridized carbons (Fsp3) is 0.737. The molecule has 10 heteroatoms. The highest BCUT2D eigenvalue weighted by Gasteiger charge is 2.28. The van der Waals surface area contributed by atoms with Gasteiger partial charge < -0.3 is 27.0 Å². The number of urea groups is 1. The highest BCUT2D eigenvalue weighted by Crippen LogP contribution is 2.10. The Balaban J connectivity index is 4.83. The molecule has 0 heterocycles. The van der Waals surface area contributed by atoms with Crippen molar-refractivity contribution in [3.05, 3.63) is 0 Å². The Morgan fingerprint density at radius 3 is 2.03 bits per heavy atom. The summed E-state index contributed by atoms with van der Waals surface area (Å²) in [6.45, 7) is 6.94. The van der Waals surface area contributed by atoms with Crippen molar-refractivity contribution >= 4 is 29.5 Å². The molecular weight excluding hydrogens is 378 g/mol. The lowest BCUT2D eigenvalue weighted by Gasteiger charge is -2.26. The van der Waals surface area contributed by atoms with E-state index in [9.17, 15) is 24.0 Å². The van der Waals surface area contributed by atoms with E-state index < -0.39 is 29.9 Å². The van der Waals surface area contributed by atoms with Crippen molar-refractivity contribution in [3.8, 4) is 0 Å². The first-order valence-electron chi connectivity index (χ1n) is 9.84. The zero-order chi connectivity index (χ0) is 22.6. The van der Waals surface area contributed by atoms with Crippen LogP contribution in [0.1, 0.15) is 53.4 Å². The summed E-state index contributed by atoms with van der Waals surface area (Å²) in [5.41, 5.74) is 4.99. The van der Waals surface area contributed by atoms with Gasteiger partial charge in [-0.3, -0.25) is 19.2 Å². The first kappa shape index (κ1) is 26.4. The Bertz CT molecular complexity index is 594. The lowest BCUT2D eigenvalue weighted by molar-refractivity contribution is -0.133. The van der Waals surface area contributed by atoms with E-state index >= 15 is 0 Å². The Kier molecular flexibility index (Phi) is 12.3. The van der Waals surface area contributed by atoms with Crippen molar-refractivity contribution in [2.45, 2.75) is 65.5 Å². The van der Waals surface area contributed by atoms with Crippen LogP contribution in [0.2, 0.25) is 0 Å². The normalized spacial score (nSPS) is 13.7. The van der Waals surface area contributed by atoms with Gasteiger partial charge in [-0.2, -0.15) is 0 Å². The fourth-order valence-electron chi connectivity index (χ4n) is 2.59. The number of Topliss-reactive ketones (excluding diaryl/α,β-unsaturated/α-hetero) is 1. The number of amides is 5.